The van der Waals surface area contributed by atoms with Crippen LogP contribution < -0.4 is 9.80 Å². The summed E-state index contributed by atoms with van der Waals surface area (Å²) in [6, 6.07) is 11.8. The monoisotopic (exact) mass is 928 g/mol. The molecule has 2 aliphatic rings. The molecule has 1 spiro atoms. The number of amides is 1. The summed E-state index contributed by atoms with van der Waals surface area (Å²) in [4.78, 5) is 19.2. The molecule has 4 rings (SSSR count). The number of halogens is 3. The van der Waals surface area contributed by atoms with E-state index in [1.54, 1.807) is 42.2 Å². The molecular formula is C61H19F3N4O2S. The lowest BCUT2D eigenvalue weighted by Gasteiger charge is -2.43. The second-order valence-corrected chi connectivity index (χ2v) is 12.8. The molecular weight excluding hydrogens is 910 g/mol. The van der Waals surface area contributed by atoms with Crippen LogP contribution in [0.3, 0.4) is 0 Å². The van der Waals surface area contributed by atoms with Crippen molar-refractivity contribution in [1.82, 2.24) is 0 Å². The number of nitriles is 1. The maximum atomic E-state index is 13.5. The van der Waals surface area contributed by atoms with Crippen molar-refractivity contribution >= 4 is 40.3 Å². The zero-order chi connectivity index (χ0) is 51.4. The predicted molar refractivity (Wildman–Crippen MR) is 268 cm³/mol. The maximum absolute atomic E-state index is 13.5. The van der Waals surface area contributed by atoms with Crippen LogP contribution in [-0.2, 0) is 11.0 Å². The Hall–Kier alpha value is -11.8. The van der Waals surface area contributed by atoms with Crippen LogP contribution in [0.15, 0.2) is 42.5 Å². The third-order valence-electron chi connectivity index (χ3n) is 8.21. The number of hydrogen-bond donors (Lipinski definition) is 1. The minimum Gasteiger partial charge on any atom is -0.389 e. The highest BCUT2D eigenvalue weighted by Gasteiger charge is 2.59. The molecule has 1 aliphatic carbocycles. The minimum atomic E-state index is -4.73. The van der Waals surface area contributed by atoms with Gasteiger partial charge in [-0.3, -0.25) is 9.69 Å². The number of thiocarbonyl (C=S) groups is 1. The SMILES string of the molecule is C#CC#CC#CC#CC#CC#CC#CC#CC#CC#CC#CC#CC#CC#CC#CC#CC#CC#CC#CC#N.[C-]#[N+]c1ccc(N2C(=O)C3(CCC3)N(c3ccc(C(C)O)cc3)C2=S)cc1C(F)(F)F. The van der Waals surface area contributed by atoms with Gasteiger partial charge in [0.2, 0.25) is 0 Å². The van der Waals surface area contributed by atoms with Crippen LogP contribution in [0.2, 0.25) is 0 Å². The highest BCUT2D eigenvalue weighted by atomic mass is 32.1. The van der Waals surface area contributed by atoms with Crippen molar-refractivity contribution in [2.75, 3.05) is 9.80 Å². The number of anilines is 2. The van der Waals surface area contributed by atoms with Crippen LogP contribution >= 0.6 is 12.2 Å². The van der Waals surface area contributed by atoms with Crippen molar-refractivity contribution in [1.29, 1.82) is 5.26 Å². The van der Waals surface area contributed by atoms with E-state index >= 15 is 0 Å². The van der Waals surface area contributed by atoms with Crippen LogP contribution in [0.25, 0.3) is 4.85 Å². The van der Waals surface area contributed by atoms with Gasteiger partial charge in [0.15, 0.2) is 16.9 Å². The van der Waals surface area contributed by atoms with Crippen molar-refractivity contribution < 1.29 is 23.1 Å². The lowest BCUT2D eigenvalue weighted by Crippen LogP contribution is -2.55. The van der Waals surface area contributed by atoms with Gasteiger partial charge in [-0.1, -0.05) is 18.2 Å². The van der Waals surface area contributed by atoms with E-state index in [-0.39, 0.29) is 16.7 Å². The van der Waals surface area contributed by atoms with E-state index in [1.165, 1.54) is 6.07 Å². The van der Waals surface area contributed by atoms with E-state index in [0.717, 1.165) is 23.5 Å². The molecule has 2 fully saturated rings. The van der Waals surface area contributed by atoms with Crippen molar-refractivity contribution in [3.8, 4) is 232 Å². The standard InChI is InChI=1S/C39HN.C22H18F3N3O2S/c1-2-3-4-5-6-7-8-9-10-11-12-13-14-15-16-17-18-19-20-21-22-23-24-25-26-27-28-29-30-31-32-33-34-35-36-37-38-39-40;1-13(29)14-4-6-15(7-5-14)28-20(31)27(19(30)21(28)10-3-11-21)16-8-9-18(26-2)17(12-16)22(23,24)25/h1H;4-9,12-13,29H,3,10-11H2,1H3. The smallest absolute Gasteiger partial charge is 0.389 e. The topological polar surface area (TPSA) is 71.9 Å². The van der Waals surface area contributed by atoms with Crippen LogP contribution in [0, 0.1) is 243 Å². The lowest BCUT2D eigenvalue weighted by molar-refractivity contribution is -0.137. The molecule has 1 amide bonds. The van der Waals surface area contributed by atoms with Crippen LogP contribution in [0.4, 0.5) is 30.2 Å². The number of terminal acetylenes is 1. The molecule has 1 unspecified atom stereocenters. The Bertz CT molecular complexity index is 3740. The first-order valence-corrected chi connectivity index (χ1v) is 19.8. The van der Waals surface area contributed by atoms with E-state index in [4.69, 9.17) is 30.5 Å². The molecule has 1 N–H and O–H groups in total. The molecule has 1 atom stereocenters. The molecule has 0 radical (unpaired) electrons. The van der Waals surface area contributed by atoms with Gasteiger partial charge in [0, 0.05) is 183 Å². The zero-order valence-corrected chi connectivity index (χ0v) is 37.3. The Balaban J connectivity index is 0.000000385. The third kappa shape index (κ3) is 18.3. The van der Waals surface area contributed by atoms with Crippen molar-refractivity contribution in [2.45, 2.75) is 44.0 Å². The molecule has 2 aromatic carbocycles. The molecule has 1 saturated carbocycles. The summed E-state index contributed by atoms with van der Waals surface area (Å²) >= 11 is 5.57. The summed E-state index contributed by atoms with van der Waals surface area (Å²) in [6.07, 6.45) is 1.41. The largest absolute Gasteiger partial charge is 0.407 e. The van der Waals surface area contributed by atoms with Crippen LogP contribution in [0.1, 0.15) is 43.4 Å². The normalized spacial score (nSPS) is 10.4. The number of aliphatic hydroxyl groups is 1. The van der Waals surface area contributed by atoms with E-state index in [0.29, 0.717) is 24.1 Å². The highest BCUT2D eigenvalue weighted by Crippen LogP contribution is 2.49. The summed E-state index contributed by atoms with van der Waals surface area (Å²) in [5, 5.41) is 18.0. The van der Waals surface area contributed by atoms with E-state index in [9.17, 15) is 23.1 Å². The van der Waals surface area contributed by atoms with Gasteiger partial charge in [-0.25, -0.2) is 4.85 Å². The second kappa shape index (κ2) is 30.3. The lowest BCUT2D eigenvalue weighted by atomic mass is 9.75. The molecule has 0 bridgehead atoms. The number of aliphatic hydroxyl groups excluding tert-OH is 1. The second-order valence-electron chi connectivity index (χ2n) is 12.5. The number of carbonyl (C=O) groups is 1. The zero-order valence-electron chi connectivity index (χ0n) is 36.5. The van der Waals surface area contributed by atoms with E-state index < -0.39 is 29.1 Å². The van der Waals surface area contributed by atoms with Crippen LogP contribution in [0.5, 0.6) is 0 Å². The van der Waals surface area contributed by atoms with E-state index in [1.807, 2.05) is 0 Å². The molecule has 1 heterocycles. The average Bonchev–Trinajstić information content (AvgIpc) is 3.59. The van der Waals surface area contributed by atoms with Crippen molar-refractivity contribution in [2.24, 2.45) is 0 Å². The molecule has 322 valence electrons. The van der Waals surface area contributed by atoms with Gasteiger partial charge in [0.1, 0.15) is 5.54 Å². The fourth-order valence-electron chi connectivity index (χ4n) is 5.22. The fraction of sp³-hybridized carbons (Fsp3) is 0.115. The number of alkyl halides is 3. The molecule has 2 aromatic rings. The van der Waals surface area contributed by atoms with Gasteiger partial charge in [-0.15, -0.1) is 6.42 Å². The Morgan fingerprint density at radius 3 is 1.24 bits per heavy atom. The molecule has 1 aliphatic heterocycles. The fourth-order valence-corrected chi connectivity index (χ4v) is 5.69. The summed E-state index contributed by atoms with van der Waals surface area (Å²) < 4.78 is 40.4. The minimum absolute atomic E-state index is 0.0101. The molecule has 0 aromatic heterocycles. The summed E-state index contributed by atoms with van der Waals surface area (Å²) in [6.45, 7) is 8.65. The third-order valence-corrected chi connectivity index (χ3v) is 8.57. The Morgan fingerprint density at radius 1 is 0.620 bits per heavy atom. The van der Waals surface area contributed by atoms with Gasteiger partial charge in [0.25, 0.3) is 5.91 Å². The Labute approximate surface area is 417 Å². The molecule has 10 heteroatoms. The quantitative estimate of drug-likeness (QED) is 0.248. The number of nitrogens with zero attached hydrogens (tertiary/aromatic N) is 4. The Morgan fingerprint density at radius 2 is 0.958 bits per heavy atom. The molecule has 71 heavy (non-hydrogen) atoms. The summed E-state index contributed by atoms with van der Waals surface area (Å²) in [7, 11) is 0. The highest BCUT2D eigenvalue weighted by molar-refractivity contribution is 7.81. The first-order valence-electron chi connectivity index (χ1n) is 19.4. The van der Waals surface area contributed by atoms with Crippen LogP contribution in [-0.4, -0.2) is 21.7 Å². The van der Waals surface area contributed by atoms with Gasteiger partial charge >= 0.3 is 6.18 Å². The van der Waals surface area contributed by atoms with Gasteiger partial charge in [-0.2, -0.15) is 18.4 Å². The number of benzene rings is 2. The van der Waals surface area contributed by atoms with Crippen molar-refractivity contribution in [3.63, 3.8) is 0 Å². The number of carbonyl (C=O) groups excluding carboxylic acids is 1. The van der Waals surface area contributed by atoms with Gasteiger partial charge in [0.05, 0.1) is 18.2 Å². The molecule has 6 nitrogen and oxygen atoms in total. The van der Waals surface area contributed by atoms with E-state index in [2.05, 4.69) is 224 Å². The Kier molecular flexibility index (Phi) is 22.9. The first-order chi connectivity index (χ1) is 34.5. The molecule has 1 saturated heterocycles. The first kappa shape index (κ1) is 53.5. The predicted octanol–water partition coefficient (Wildman–Crippen LogP) is 5.57. The number of hydrogen-bond acceptors (Lipinski definition) is 4. The van der Waals surface area contributed by atoms with Gasteiger partial charge in [-0.05, 0) is 116 Å². The number of rotatable bonds is 3. The maximum Gasteiger partial charge on any atom is 0.407 e. The summed E-state index contributed by atoms with van der Waals surface area (Å²) in [5.41, 5.74) is -1.23. The average molecular weight is 929 g/mol. The van der Waals surface area contributed by atoms with Gasteiger partial charge < -0.3 is 10.0 Å². The van der Waals surface area contributed by atoms with Crippen molar-refractivity contribution in [3.05, 3.63) is 65.0 Å². The summed E-state index contributed by atoms with van der Waals surface area (Å²) in [5.74, 6) is 89.9.